The standard InChI is InChI=1S/C12H16O2S/c13-11(12-5-3-9-15-12)7-6-10-4-1-2-8-14-10/h3,5,9-10H,1-2,4,6-8H2. The second-order valence-electron chi connectivity index (χ2n) is 3.93. The van der Waals surface area contributed by atoms with E-state index in [1.165, 1.54) is 24.2 Å². The van der Waals surface area contributed by atoms with E-state index >= 15 is 0 Å². The number of carbonyl (C=O) groups excluding carboxylic acids is 1. The molecule has 1 unspecified atom stereocenters. The van der Waals surface area contributed by atoms with Crippen molar-refractivity contribution in [2.75, 3.05) is 6.61 Å². The van der Waals surface area contributed by atoms with Crippen molar-refractivity contribution in [3.05, 3.63) is 22.4 Å². The number of carbonyl (C=O) groups is 1. The molecule has 0 saturated carbocycles. The fraction of sp³-hybridized carbons (Fsp3) is 0.583. The normalized spacial score (nSPS) is 21.5. The zero-order chi connectivity index (χ0) is 10.5. The monoisotopic (exact) mass is 224 g/mol. The lowest BCUT2D eigenvalue weighted by atomic mass is 10.0. The Labute approximate surface area is 94.3 Å². The summed E-state index contributed by atoms with van der Waals surface area (Å²) in [4.78, 5) is 12.6. The van der Waals surface area contributed by atoms with Crippen LogP contribution in [0.5, 0.6) is 0 Å². The molecule has 1 aromatic rings. The average molecular weight is 224 g/mol. The van der Waals surface area contributed by atoms with Crippen molar-refractivity contribution < 1.29 is 9.53 Å². The lowest BCUT2D eigenvalue weighted by Gasteiger charge is -2.21. The molecule has 1 fully saturated rings. The van der Waals surface area contributed by atoms with Crippen LogP contribution in [0.1, 0.15) is 41.8 Å². The second-order valence-corrected chi connectivity index (χ2v) is 4.88. The topological polar surface area (TPSA) is 26.3 Å². The van der Waals surface area contributed by atoms with Crippen LogP contribution in [-0.2, 0) is 4.74 Å². The molecule has 82 valence electrons. The molecule has 0 spiro atoms. The Kier molecular flexibility index (Phi) is 3.92. The quantitative estimate of drug-likeness (QED) is 0.734. The number of Topliss-reactive ketones (excluding diaryl/α,β-unsaturated/α-hetero) is 1. The molecule has 2 heterocycles. The van der Waals surface area contributed by atoms with E-state index in [0.717, 1.165) is 24.3 Å². The van der Waals surface area contributed by atoms with E-state index in [9.17, 15) is 4.79 Å². The summed E-state index contributed by atoms with van der Waals surface area (Å²) in [6.07, 6.45) is 5.38. The molecular weight excluding hydrogens is 208 g/mol. The summed E-state index contributed by atoms with van der Waals surface area (Å²) in [5.74, 6) is 0.263. The van der Waals surface area contributed by atoms with Gasteiger partial charge in [0, 0.05) is 13.0 Å². The van der Waals surface area contributed by atoms with E-state index < -0.39 is 0 Å². The van der Waals surface area contributed by atoms with Gasteiger partial charge in [-0.15, -0.1) is 11.3 Å². The van der Waals surface area contributed by atoms with Crippen LogP contribution < -0.4 is 0 Å². The summed E-state index contributed by atoms with van der Waals surface area (Å²) in [6.45, 7) is 0.873. The highest BCUT2D eigenvalue weighted by atomic mass is 32.1. The summed E-state index contributed by atoms with van der Waals surface area (Å²) in [5, 5.41) is 1.95. The molecule has 2 nitrogen and oxygen atoms in total. The third kappa shape index (κ3) is 3.14. The summed E-state index contributed by atoms with van der Waals surface area (Å²) < 4.78 is 5.60. The Balaban J connectivity index is 1.75. The van der Waals surface area contributed by atoms with Gasteiger partial charge < -0.3 is 4.74 Å². The number of ether oxygens (including phenoxy) is 1. The van der Waals surface area contributed by atoms with E-state index in [0.29, 0.717) is 12.5 Å². The Bertz CT molecular complexity index is 299. The van der Waals surface area contributed by atoms with E-state index in [-0.39, 0.29) is 5.78 Å². The molecule has 0 bridgehead atoms. The third-order valence-corrected chi connectivity index (χ3v) is 3.67. The first-order valence-electron chi connectivity index (χ1n) is 5.54. The Hall–Kier alpha value is -0.670. The maximum absolute atomic E-state index is 11.7. The van der Waals surface area contributed by atoms with Crippen molar-refractivity contribution in [1.82, 2.24) is 0 Å². The zero-order valence-electron chi connectivity index (χ0n) is 8.78. The van der Waals surface area contributed by atoms with Crippen molar-refractivity contribution in [1.29, 1.82) is 0 Å². The highest BCUT2D eigenvalue weighted by Crippen LogP contribution is 2.19. The smallest absolute Gasteiger partial charge is 0.172 e. The number of thiophene rings is 1. The molecule has 15 heavy (non-hydrogen) atoms. The van der Waals surface area contributed by atoms with Gasteiger partial charge in [-0.2, -0.15) is 0 Å². The first-order chi connectivity index (χ1) is 7.36. The molecule has 0 aliphatic carbocycles. The summed E-state index contributed by atoms with van der Waals surface area (Å²) in [5.41, 5.74) is 0. The fourth-order valence-electron chi connectivity index (χ4n) is 1.89. The number of rotatable bonds is 4. The van der Waals surface area contributed by atoms with Gasteiger partial charge in [-0.3, -0.25) is 4.79 Å². The van der Waals surface area contributed by atoms with Crippen LogP contribution >= 0.6 is 11.3 Å². The maximum Gasteiger partial charge on any atom is 0.172 e. The first-order valence-corrected chi connectivity index (χ1v) is 6.42. The van der Waals surface area contributed by atoms with Gasteiger partial charge in [0.05, 0.1) is 11.0 Å². The van der Waals surface area contributed by atoms with Gasteiger partial charge in [0.15, 0.2) is 5.78 Å². The van der Waals surface area contributed by atoms with Gasteiger partial charge in [-0.05, 0) is 37.1 Å². The predicted molar refractivity (Wildman–Crippen MR) is 61.5 cm³/mol. The lowest BCUT2D eigenvalue weighted by Crippen LogP contribution is -2.19. The predicted octanol–water partition coefficient (Wildman–Crippen LogP) is 3.28. The molecule has 1 atom stereocenters. The molecule has 1 aliphatic rings. The SMILES string of the molecule is O=C(CCC1CCCCO1)c1cccs1. The summed E-state index contributed by atoms with van der Waals surface area (Å²) in [6, 6.07) is 3.82. The van der Waals surface area contributed by atoms with Gasteiger partial charge in [0.1, 0.15) is 0 Å². The molecule has 1 saturated heterocycles. The first kappa shape index (κ1) is 10.8. The fourth-order valence-corrected chi connectivity index (χ4v) is 2.58. The third-order valence-electron chi connectivity index (χ3n) is 2.76. The van der Waals surface area contributed by atoms with Gasteiger partial charge in [-0.25, -0.2) is 0 Å². The van der Waals surface area contributed by atoms with Gasteiger partial charge in [-0.1, -0.05) is 6.07 Å². The molecule has 0 aromatic carbocycles. The van der Waals surface area contributed by atoms with Crippen LogP contribution in [-0.4, -0.2) is 18.5 Å². The van der Waals surface area contributed by atoms with E-state index in [1.54, 1.807) is 0 Å². The Morgan fingerprint density at radius 2 is 2.47 bits per heavy atom. The van der Waals surface area contributed by atoms with Crippen molar-refractivity contribution in [3.63, 3.8) is 0 Å². The van der Waals surface area contributed by atoms with Gasteiger partial charge in [0.2, 0.25) is 0 Å². The lowest BCUT2D eigenvalue weighted by molar-refractivity contribution is 0.0105. The van der Waals surface area contributed by atoms with Crippen LogP contribution in [0, 0.1) is 0 Å². The Morgan fingerprint density at radius 3 is 3.13 bits per heavy atom. The molecular formula is C12H16O2S. The average Bonchev–Trinajstić information content (AvgIpc) is 2.81. The largest absolute Gasteiger partial charge is 0.378 e. The molecule has 1 aliphatic heterocycles. The molecule has 2 rings (SSSR count). The molecule has 0 radical (unpaired) electrons. The molecule has 1 aromatic heterocycles. The highest BCUT2D eigenvalue weighted by Gasteiger charge is 2.16. The minimum absolute atomic E-state index is 0.263. The minimum atomic E-state index is 0.263. The van der Waals surface area contributed by atoms with Gasteiger partial charge >= 0.3 is 0 Å². The summed E-state index contributed by atoms with van der Waals surface area (Å²) >= 11 is 1.53. The van der Waals surface area contributed by atoms with E-state index in [1.807, 2.05) is 17.5 Å². The van der Waals surface area contributed by atoms with Crippen molar-refractivity contribution in [2.24, 2.45) is 0 Å². The molecule has 0 amide bonds. The Morgan fingerprint density at radius 1 is 1.53 bits per heavy atom. The number of hydrogen-bond acceptors (Lipinski definition) is 3. The maximum atomic E-state index is 11.7. The zero-order valence-corrected chi connectivity index (χ0v) is 9.59. The van der Waals surface area contributed by atoms with E-state index in [4.69, 9.17) is 4.74 Å². The number of hydrogen-bond donors (Lipinski definition) is 0. The highest BCUT2D eigenvalue weighted by molar-refractivity contribution is 7.12. The van der Waals surface area contributed by atoms with Crippen molar-refractivity contribution in [2.45, 2.75) is 38.2 Å². The molecule has 0 N–H and O–H groups in total. The van der Waals surface area contributed by atoms with Crippen LogP contribution in [0.25, 0.3) is 0 Å². The van der Waals surface area contributed by atoms with E-state index in [2.05, 4.69) is 0 Å². The van der Waals surface area contributed by atoms with Crippen LogP contribution in [0.3, 0.4) is 0 Å². The second kappa shape index (κ2) is 5.42. The van der Waals surface area contributed by atoms with Crippen LogP contribution in [0.15, 0.2) is 17.5 Å². The van der Waals surface area contributed by atoms with Crippen LogP contribution in [0.4, 0.5) is 0 Å². The number of ketones is 1. The van der Waals surface area contributed by atoms with Crippen molar-refractivity contribution in [3.8, 4) is 0 Å². The minimum Gasteiger partial charge on any atom is -0.378 e. The molecule has 3 heteroatoms. The summed E-state index contributed by atoms with van der Waals surface area (Å²) in [7, 11) is 0. The van der Waals surface area contributed by atoms with Crippen LogP contribution in [0.2, 0.25) is 0 Å². The van der Waals surface area contributed by atoms with Crippen molar-refractivity contribution >= 4 is 17.1 Å². The van der Waals surface area contributed by atoms with Gasteiger partial charge in [0.25, 0.3) is 0 Å².